The summed E-state index contributed by atoms with van der Waals surface area (Å²) < 4.78 is 31.6. The Balaban J connectivity index is 1.46. The van der Waals surface area contributed by atoms with Crippen molar-refractivity contribution >= 4 is 35.2 Å². The molecule has 0 aromatic carbocycles. The number of piperidine rings is 1. The first-order valence-corrected chi connectivity index (χ1v) is 26.2. The monoisotopic (exact) mass is 1020 g/mol. The summed E-state index contributed by atoms with van der Waals surface area (Å²) in [7, 11) is 4.55. The van der Waals surface area contributed by atoms with Crippen LogP contribution in [0.25, 0.3) is 0 Å². The van der Waals surface area contributed by atoms with E-state index in [4.69, 9.17) is 23.7 Å². The molecule has 18 heteroatoms. The maximum Gasteiger partial charge on any atom is 0.329 e. The van der Waals surface area contributed by atoms with Gasteiger partial charge in [0.2, 0.25) is 5.79 Å². The predicted octanol–water partition coefficient (Wildman–Crippen LogP) is 6.28. The highest BCUT2D eigenvalue weighted by Gasteiger charge is 2.53. The van der Waals surface area contributed by atoms with Gasteiger partial charge >= 0.3 is 11.9 Å². The van der Waals surface area contributed by atoms with Crippen molar-refractivity contribution in [1.82, 2.24) is 19.9 Å². The number of carbonyl (C=O) groups excluding carboxylic acids is 5. The van der Waals surface area contributed by atoms with E-state index in [2.05, 4.69) is 10.3 Å². The van der Waals surface area contributed by atoms with Gasteiger partial charge in [0, 0.05) is 64.7 Å². The summed E-state index contributed by atoms with van der Waals surface area (Å²) >= 11 is 0. The molecule has 2 saturated heterocycles. The van der Waals surface area contributed by atoms with Gasteiger partial charge in [-0.2, -0.15) is 0 Å². The largest absolute Gasteiger partial charge is 0.481 e. The molecule has 5 rings (SSSR count). The van der Waals surface area contributed by atoms with Crippen molar-refractivity contribution in [3.63, 3.8) is 0 Å². The number of nitrogens with zero attached hydrogens (tertiary/aromatic N) is 4. The Hall–Kier alpha value is -4.72. The lowest BCUT2D eigenvalue weighted by Crippen LogP contribution is -2.61. The molecule has 1 saturated carbocycles. The number of aliphatic hydroxyl groups excluding tert-OH is 1. The molecule has 0 radical (unpaired) electrons. The summed E-state index contributed by atoms with van der Waals surface area (Å²) in [6, 6.07) is -1.37. The minimum absolute atomic E-state index is 0.00111. The number of allylic oxidation sites excluding steroid dienone is 6. The number of aliphatic hydroxyl groups is 2. The number of aliphatic carboxylic acids is 1. The molecule has 73 heavy (non-hydrogen) atoms. The fraction of sp³-hybridized carbons (Fsp3) is 0.709. The van der Waals surface area contributed by atoms with E-state index in [1.54, 1.807) is 58.9 Å². The molecule has 15 atom stereocenters. The minimum Gasteiger partial charge on any atom is -0.481 e. The zero-order valence-electron chi connectivity index (χ0n) is 44.6. The summed E-state index contributed by atoms with van der Waals surface area (Å²) in [6.45, 7) is 12.7. The van der Waals surface area contributed by atoms with Crippen LogP contribution in [0.15, 0.2) is 53.8 Å². The van der Waals surface area contributed by atoms with Gasteiger partial charge in [-0.1, -0.05) is 76.3 Å². The van der Waals surface area contributed by atoms with Gasteiger partial charge in [0.1, 0.15) is 30.1 Å². The number of carboxylic acid groups (broad SMARTS) is 1. The Kier molecular flexibility index (Phi) is 22.0. The van der Waals surface area contributed by atoms with Gasteiger partial charge in [-0.15, -0.1) is 5.10 Å². The molecule has 1 aromatic heterocycles. The van der Waals surface area contributed by atoms with Crippen LogP contribution >= 0.6 is 0 Å². The van der Waals surface area contributed by atoms with Gasteiger partial charge < -0.3 is 43.9 Å². The summed E-state index contributed by atoms with van der Waals surface area (Å²) in [6.07, 6.45) is 12.9. The molecule has 3 N–H and O–H groups in total. The molecule has 1 aromatic rings. The fourth-order valence-electron chi connectivity index (χ4n) is 11.1. The molecular weight excluding hydrogens is 941 g/mol. The number of carbonyl (C=O) groups is 6. The first-order valence-electron chi connectivity index (χ1n) is 26.2. The SMILES string of the molecule is CO[C@H]1C[C@@H]2CC[C@@H](C)[C@@](O)(O2)C(=O)C(=O)N2CCCC[C@H]2C(=O)O[C@H]([C@H](C)C[C@@H]2CC[C@H](n3cc(CC(=O)O)nn3)[C@H](OC)C2)CC(=O)[C@H](C)/C=C(\C)[C@@H](O)[C@@H](OC)C(=O)[C@H](C)C[C@H](C)/C=C/C=C/C=C/1C. The minimum atomic E-state index is -2.46. The molecule has 1 amide bonds. The van der Waals surface area contributed by atoms with Crippen LogP contribution in [0.4, 0.5) is 0 Å². The number of ketones is 3. The first-order chi connectivity index (χ1) is 34.6. The molecule has 3 fully saturated rings. The fourth-order valence-corrected chi connectivity index (χ4v) is 11.1. The number of rotatable bonds is 9. The summed E-state index contributed by atoms with van der Waals surface area (Å²) in [5, 5.41) is 41.0. The molecule has 4 aliphatic rings. The number of carboxylic acids is 1. The van der Waals surface area contributed by atoms with Crippen LogP contribution in [0.1, 0.15) is 137 Å². The van der Waals surface area contributed by atoms with Crippen LogP contribution in [0.3, 0.4) is 0 Å². The van der Waals surface area contributed by atoms with Crippen LogP contribution in [-0.2, 0) is 58.9 Å². The second kappa shape index (κ2) is 27.2. The van der Waals surface area contributed by atoms with Crippen molar-refractivity contribution in [2.75, 3.05) is 27.9 Å². The number of Topliss-reactive ketones (excluding diaryl/α,β-unsaturated/α-hetero) is 3. The van der Waals surface area contributed by atoms with Gasteiger partial charge in [-0.25, -0.2) is 9.48 Å². The third kappa shape index (κ3) is 15.4. The quantitative estimate of drug-likeness (QED) is 0.140. The highest BCUT2D eigenvalue weighted by atomic mass is 16.6. The smallest absolute Gasteiger partial charge is 0.329 e. The standard InChI is InChI=1S/C55H82N4O14/c1-32-16-12-11-13-17-33(2)45(69-8)29-41-21-19-38(7)55(68,73-41)52(65)53(66)58-23-15-14-18-43(58)54(67)72-46(30-44(60)34(3)25-37(6)50(64)51(71-10)49(63)36(5)24-32)35(4)26-39-20-22-42(47(27-39)70-9)59-31-40(56-57-59)28-48(61)62/h11-13,16-17,25,31-32,34-36,38-39,41-43,45-47,50-51,64,68H,14-15,18-24,26-30H2,1-10H3,(H,61,62)/b13-11+,16-12+,33-17+,37-25+/t32-,34-,35-,36-,38-,39+,41+,42+,43+,45+,46+,47-,50-,51+,55-/m1/s1. The van der Waals surface area contributed by atoms with Crippen LogP contribution in [0.5, 0.6) is 0 Å². The van der Waals surface area contributed by atoms with Gasteiger partial charge in [0.15, 0.2) is 5.78 Å². The number of cyclic esters (lactones) is 1. The third-order valence-corrected chi connectivity index (χ3v) is 15.7. The van der Waals surface area contributed by atoms with E-state index in [9.17, 15) is 44.1 Å². The van der Waals surface area contributed by atoms with Crippen molar-refractivity contribution in [3.8, 4) is 0 Å². The molecule has 1 aliphatic carbocycles. The van der Waals surface area contributed by atoms with Crippen LogP contribution in [0.2, 0.25) is 0 Å². The maximum atomic E-state index is 14.6. The zero-order valence-corrected chi connectivity index (χ0v) is 44.6. The van der Waals surface area contributed by atoms with Gasteiger partial charge in [0.05, 0.1) is 36.5 Å². The molecule has 4 heterocycles. The van der Waals surface area contributed by atoms with Gasteiger partial charge in [-0.05, 0) is 107 Å². The number of amides is 1. The summed E-state index contributed by atoms with van der Waals surface area (Å²) in [4.78, 5) is 83.8. The molecule has 18 nitrogen and oxygen atoms in total. The topological polar surface area (TPSA) is 243 Å². The normalized spacial score (nSPS) is 37.2. The molecular formula is C55H82N4O14. The molecule has 2 bridgehead atoms. The average molecular weight is 1020 g/mol. The van der Waals surface area contributed by atoms with Crippen molar-refractivity contribution < 1.29 is 67.8 Å². The lowest BCUT2D eigenvalue weighted by atomic mass is 9.77. The average Bonchev–Trinajstić information content (AvgIpc) is 3.82. The Morgan fingerprint density at radius 2 is 1.64 bits per heavy atom. The van der Waals surface area contributed by atoms with E-state index in [0.717, 1.165) is 12.0 Å². The molecule has 3 aliphatic heterocycles. The Morgan fingerprint density at radius 3 is 2.33 bits per heavy atom. The van der Waals surface area contributed by atoms with Crippen molar-refractivity contribution in [1.29, 1.82) is 0 Å². The van der Waals surface area contributed by atoms with Crippen molar-refractivity contribution in [2.24, 2.45) is 35.5 Å². The number of hydrogen-bond donors (Lipinski definition) is 3. The van der Waals surface area contributed by atoms with Gasteiger partial charge in [0.25, 0.3) is 11.7 Å². The lowest BCUT2D eigenvalue weighted by molar-refractivity contribution is -0.265. The lowest BCUT2D eigenvalue weighted by Gasteiger charge is -2.42. The second-order valence-corrected chi connectivity index (χ2v) is 21.4. The number of aromatic nitrogens is 3. The van der Waals surface area contributed by atoms with E-state index in [0.29, 0.717) is 69.1 Å². The van der Waals surface area contributed by atoms with Crippen molar-refractivity contribution in [2.45, 2.75) is 186 Å². The van der Waals surface area contributed by atoms with Crippen LogP contribution in [0, 0.1) is 35.5 Å². The maximum absolute atomic E-state index is 14.6. The Bertz CT molecular complexity index is 2200. The van der Waals surface area contributed by atoms with Crippen molar-refractivity contribution in [3.05, 3.63) is 59.5 Å². The molecule has 0 unspecified atom stereocenters. The van der Waals surface area contributed by atoms with E-state index >= 15 is 0 Å². The van der Waals surface area contributed by atoms with E-state index in [1.165, 1.54) is 12.0 Å². The number of esters is 1. The summed E-state index contributed by atoms with van der Waals surface area (Å²) in [5.41, 5.74) is 1.57. The number of hydrogen-bond acceptors (Lipinski definition) is 15. The summed E-state index contributed by atoms with van der Waals surface area (Å²) in [5.74, 6) is -9.32. The van der Waals surface area contributed by atoms with Crippen LogP contribution in [-0.4, -0.2) is 147 Å². The van der Waals surface area contributed by atoms with Gasteiger partial charge in [-0.3, -0.25) is 24.0 Å². The molecule has 0 spiro atoms. The molecule has 406 valence electrons. The van der Waals surface area contributed by atoms with E-state index in [-0.39, 0.29) is 61.4 Å². The third-order valence-electron chi connectivity index (χ3n) is 15.7. The number of methoxy groups -OCH3 is 3. The Morgan fingerprint density at radius 1 is 0.904 bits per heavy atom. The highest BCUT2D eigenvalue weighted by molar-refractivity contribution is 6.39. The number of ether oxygens (including phenoxy) is 5. The zero-order chi connectivity index (χ0) is 53.7. The second-order valence-electron chi connectivity index (χ2n) is 21.4. The van der Waals surface area contributed by atoms with Crippen LogP contribution < -0.4 is 0 Å². The predicted molar refractivity (Wildman–Crippen MR) is 270 cm³/mol. The van der Waals surface area contributed by atoms with E-state index < -0.39 is 89.6 Å². The highest BCUT2D eigenvalue weighted by Crippen LogP contribution is 2.40. The first kappa shape index (κ1) is 59.2. The Labute approximate surface area is 430 Å². The van der Waals surface area contributed by atoms with E-state index in [1.807, 2.05) is 51.2 Å². The number of fused-ring (bicyclic) bond motifs is 3.